The highest BCUT2D eigenvalue weighted by molar-refractivity contribution is 7.25. The topological polar surface area (TPSA) is 12.4 Å². The van der Waals surface area contributed by atoms with E-state index in [0.29, 0.717) is 0 Å². The van der Waals surface area contributed by atoms with Gasteiger partial charge in [0.2, 0.25) is 0 Å². The van der Waals surface area contributed by atoms with Gasteiger partial charge in [-0.2, -0.15) is 0 Å². The van der Waals surface area contributed by atoms with Crippen LogP contribution < -0.4 is 0 Å². The molecule has 2 heteroatoms. The summed E-state index contributed by atoms with van der Waals surface area (Å²) in [6, 6.07) is 13.0. The summed E-state index contributed by atoms with van der Waals surface area (Å²) in [5.41, 5.74) is 2.69. The summed E-state index contributed by atoms with van der Waals surface area (Å²) >= 11 is 1.87. The molecule has 16 heavy (non-hydrogen) atoms. The lowest BCUT2D eigenvalue weighted by Gasteiger charge is -1.99. The van der Waals surface area contributed by atoms with Gasteiger partial charge in [0.05, 0.1) is 6.54 Å². The molecule has 1 aliphatic heterocycles. The van der Waals surface area contributed by atoms with Gasteiger partial charge in [-0.15, -0.1) is 11.3 Å². The Balaban J connectivity index is 2.29. The fraction of sp³-hybridized carbons (Fsp3) is 0.0714. The van der Waals surface area contributed by atoms with Crippen molar-refractivity contribution in [1.82, 2.24) is 0 Å². The molecule has 0 aliphatic carbocycles. The zero-order valence-electron chi connectivity index (χ0n) is 8.60. The summed E-state index contributed by atoms with van der Waals surface area (Å²) in [4.78, 5) is 4.37. The van der Waals surface area contributed by atoms with Crippen molar-refractivity contribution in [3.63, 3.8) is 0 Å². The van der Waals surface area contributed by atoms with Gasteiger partial charge >= 0.3 is 0 Å². The molecule has 0 fully saturated rings. The van der Waals surface area contributed by atoms with E-state index in [2.05, 4.69) is 41.4 Å². The molecule has 2 heterocycles. The van der Waals surface area contributed by atoms with Gasteiger partial charge in [-0.05, 0) is 23.3 Å². The normalized spacial score (nSPS) is 13.8. The molecule has 0 saturated heterocycles. The predicted molar refractivity (Wildman–Crippen MR) is 70.6 cm³/mol. The van der Waals surface area contributed by atoms with Crippen molar-refractivity contribution < 1.29 is 0 Å². The smallest absolute Gasteiger partial charge is 0.0652 e. The van der Waals surface area contributed by atoms with Crippen LogP contribution >= 0.6 is 11.3 Å². The van der Waals surface area contributed by atoms with Gasteiger partial charge < -0.3 is 0 Å². The molecule has 4 rings (SSSR count). The van der Waals surface area contributed by atoms with Crippen LogP contribution in [-0.4, -0.2) is 6.21 Å². The van der Waals surface area contributed by atoms with Crippen LogP contribution in [0.4, 0.5) is 0 Å². The summed E-state index contributed by atoms with van der Waals surface area (Å²) in [5, 5.41) is 2.79. The average molecular weight is 223 g/mol. The van der Waals surface area contributed by atoms with E-state index in [-0.39, 0.29) is 0 Å². The first-order valence-electron chi connectivity index (χ1n) is 5.36. The highest BCUT2D eigenvalue weighted by Crippen LogP contribution is 2.38. The molecular weight excluding hydrogens is 214 g/mol. The number of thiophene rings is 1. The minimum absolute atomic E-state index is 0.841. The van der Waals surface area contributed by atoms with Crippen molar-refractivity contribution >= 4 is 37.7 Å². The highest BCUT2D eigenvalue weighted by Gasteiger charge is 2.14. The van der Waals surface area contributed by atoms with Gasteiger partial charge in [0.25, 0.3) is 0 Å². The van der Waals surface area contributed by atoms with E-state index in [9.17, 15) is 0 Å². The zero-order valence-corrected chi connectivity index (χ0v) is 9.42. The van der Waals surface area contributed by atoms with Crippen LogP contribution in [-0.2, 0) is 6.54 Å². The largest absolute Gasteiger partial charge is 0.288 e. The van der Waals surface area contributed by atoms with E-state index in [0.717, 1.165) is 6.54 Å². The fourth-order valence-electron chi connectivity index (χ4n) is 2.43. The number of aliphatic imine (C=N–C) groups is 1. The first-order chi connectivity index (χ1) is 7.93. The van der Waals surface area contributed by atoms with E-state index < -0.39 is 0 Å². The quantitative estimate of drug-likeness (QED) is 0.546. The molecule has 3 aromatic rings. The van der Waals surface area contributed by atoms with Crippen molar-refractivity contribution in [2.24, 2.45) is 4.99 Å². The van der Waals surface area contributed by atoms with Gasteiger partial charge in [-0.3, -0.25) is 4.99 Å². The molecule has 0 spiro atoms. The average Bonchev–Trinajstić information content (AvgIpc) is 2.91. The number of hydrogen-bond donors (Lipinski definition) is 0. The second kappa shape index (κ2) is 2.92. The summed E-state index contributed by atoms with van der Waals surface area (Å²) in [6.45, 7) is 0.841. The molecule has 0 saturated carbocycles. The Bertz CT molecular complexity index is 737. The monoisotopic (exact) mass is 223 g/mol. The first-order valence-corrected chi connectivity index (χ1v) is 6.18. The maximum atomic E-state index is 4.37. The number of benzene rings is 2. The van der Waals surface area contributed by atoms with E-state index in [4.69, 9.17) is 0 Å². The maximum Gasteiger partial charge on any atom is 0.0652 e. The lowest BCUT2D eigenvalue weighted by atomic mass is 10.0. The Hall–Kier alpha value is -1.67. The Morgan fingerprint density at radius 1 is 1.00 bits per heavy atom. The van der Waals surface area contributed by atoms with E-state index in [1.54, 1.807) is 0 Å². The Kier molecular flexibility index (Phi) is 1.55. The van der Waals surface area contributed by atoms with Crippen LogP contribution in [0.5, 0.6) is 0 Å². The molecule has 0 bridgehead atoms. The summed E-state index contributed by atoms with van der Waals surface area (Å²) in [7, 11) is 0. The second-order valence-corrected chi connectivity index (χ2v) is 5.16. The van der Waals surface area contributed by atoms with Crippen LogP contribution in [0.25, 0.3) is 20.2 Å². The van der Waals surface area contributed by atoms with Crippen LogP contribution in [0, 0.1) is 0 Å². The lowest BCUT2D eigenvalue weighted by Crippen LogP contribution is -1.83. The summed E-state index contributed by atoms with van der Waals surface area (Å²) < 4.78 is 2.75. The third kappa shape index (κ3) is 0.973. The summed E-state index contributed by atoms with van der Waals surface area (Å²) in [5.74, 6) is 0. The van der Waals surface area contributed by atoms with E-state index in [1.807, 2.05) is 17.6 Å². The number of hydrogen-bond acceptors (Lipinski definition) is 2. The number of rotatable bonds is 0. The predicted octanol–water partition coefficient (Wildman–Crippen LogP) is 3.99. The Morgan fingerprint density at radius 3 is 2.94 bits per heavy atom. The van der Waals surface area contributed by atoms with Crippen molar-refractivity contribution in [3.8, 4) is 0 Å². The fourth-order valence-corrected chi connectivity index (χ4v) is 3.56. The van der Waals surface area contributed by atoms with Gasteiger partial charge in [0.15, 0.2) is 0 Å². The Morgan fingerprint density at radius 2 is 1.94 bits per heavy atom. The molecule has 1 nitrogen and oxygen atoms in total. The third-order valence-corrected chi connectivity index (χ3v) is 4.30. The minimum atomic E-state index is 0.841. The van der Waals surface area contributed by atoms with Gasteiger partial charge in [-0.25, -0.2) is 0 Å². The van der Waals surface area contributed by atoms with E-state index in [1.165, 1.54) is 31.3 Å². The number of nitrogens with zero attached hydrogens (tertiary/aromatic N) is 1. The minimum Gasteiger partial charge on any atom is -0.288 e. The SMILES string of the molecule is C1=NCc2c1ccc1sc3ccccc3c21. The molecule has 1 aromatic heterocycles. The number of fused-ring (bicyclic) bond motifs is 5. The van der Waals surface area contributed by atoms with Crippen molar-refractivity contribution in [3.05, 3.63) is 47.5 Å². The standard InChI is InChI=1S/C14H9NS/c1-2-4-12-10(3-1)14-11-8-15-7-9(11)5-6-13(14)16-12/h1-7H,8H2. The highest BCUT2D eigenvalue weighted by atomic mass is 32.1. The van der Waals surface area contributed by atoms with Crippen LogP contribution in [0.1, 0.15) is 11.1 Å². The molecule has 0 atom stereocenters. The van der Waals surface area contributed by atoms with Crippen molar-refractivity contribution in [1.29, 1.82) is 0 Å². The van der Waals surface area contributed by atoms with Crippen molar-refractivity contribution in [2.75, 3.05) is 0 Å². The second-order valence-electron chi connectivity index (χ2n) is 4.07. The van der Waals surface area contributed by atoms with Gasteiger partial charge in [0, 0.05) is 26.4 Å². The first kappa shape index (κ1) is 8.48. The van der Waals surface area contributed by atoms with Crippen LogP contribution in [0.3, 0.4) is 0 Å². The lowest BCUT2D eigenvalue weighted by molar-refractivity contribution is 1.13. The van der Waals surface area contributed by atoms with E-state index >= 15 is 0 Å². The van der Waals surface area contributed by atoms with Gasteiger partial charge in [-0.1, -0.05) is 24.3 Å². The molecular formula is C14H9NS. The molecule has 0 radical (unpaired) electrons. The molecule has 0 amide bonds. The molecule has 0 N–H and O–H groups in total. The molecule has 0 unspecified atom stereocenters. The Labute approximate surface area is 97.1 Å². The maximum absolute atomic E-state index is 4.37. The van der Waals surface area contributed by atoms with Crippen molar-refractivity contribution in [2.45, 2.75) is 6.54 Å². The molecule has 2 aromatic carbocycles. The molecule has 1 aliphatic rings. The van der Waals surface area contributed by atoms with Gasteiger partial charge in [0.1, 0.15) is 0 Å². The van der Waals surface area contributed by atoms with Crippen LogP contribution in [0.15, 0.2) is 41.4 Å². The zero-order chi connectivity index (χ0) is 10.5. The summed E-state index contributed by atoms with van der Waals surface area (Å²) in [6.07, 6.45) is 1.99. The molecule has 76 valence electrons. The third-order valence-electron chi connectivity index (χ3n) is 3.17. The van der Waals surface area contributed by atoms with Crippen LogP contribution in [0.2, 0.25) is 0 Å².